The topological polar surface area (TPSA) is 146 Å². The molecule has 0 bridgehead atoms. The Balaban J connectivity index is 0.000000271. The molecular formula is C22H23N2O9P2S2-. The van der Waals surface area contributed by atoms with Crippen LogP contribution in [0.4, 0.5) is 11.4 Å². The predicted molar refractivity (Wildman–Crippen MR) is 146 cm³/mol. The Morgan fingerprint density at radius 3 is 1.76 bits per heavy atom. The molecule has 3 aromatic carbocycles. The molecule has 3 aromatic rings. The van der Waals surface area contributed by atoms with E-state index in [1.54, 1.807) is 43.3 Å². The summed E-state index contributed by atoms with van der Waals surface area (Å²) < 4.78 is 20.3. The molecule has 0 heterocycles. The van der Waals surface area contributed by atoms with Gasteiger partial charge in [-0.05, 0) is 42.3 Å². The maximum Gasteiger partial charge on any atom is 0.380 e. The third kappa shape index (κ3) is 8.74. The molecule has 0 aliphatic carbocycles. The Labute approximate surface area is 223 Å². The molecule has 11 nitrogen and oxygen atoms in total. The smallest absolute Gasteiger partial charge is 0.380 e. The number of rotatable bonds is 10. The third-order valence-corrected chi connectivity index (χ3v) is 9.53. The van der Waals surface area contributed by atoms with Gasteiger partial charge in [0.25, 0.3) is 11.4 Å². The number of non-ortho nitro benzene ring substituents is 2. The van der Waals surface area contributed by atoms with Crippen molar-refractivity contribution >= 4 is 53.5 Å². The molecule has 0 aromatic heterocycles. The normalized spacial score (nSPS) is 12.5. The summed E-state index contributed by atoms with van der Waals surface area (Å²) in [6.07, 6.45) is 0. The average Bonchev–Trinajstić information content (AvgIpc) is 2.89. The van der Waals surface area contributed by atoms with Gasteiger partial charge in [-0.1, -0.05) is 36.1 Å². The van der Waals surface area contributed by atoms with Gasteiger partial charge in [0.15, 0.2) is 0 Å². The van der Waals surface area contributed by atoms with Crippen molar-refractivity contribution in [2.75, 3.05) is 20.8 Å². The minimum atomic E-state index is -3.33. The summed E-state index contributed by atoms with van der Waals surface area (Å²) in [4.78, 5) is 32.6. The van der Waals surface area contributed by atoms with E-state index in [0.717, 1.165) is 0 Å². The molecule has 0 aliphatic heterocycles. The van der Waals surface area contributed by atoms with Crippen molar-refractivity contribution in [3.05, 3.63) is 93.0 Å². The summed E-state index contributed by atoms with van der Waals surface area (Å²) in [5.41, 5.74) is 1.36. The first-order valence-electron chi connectivity index (χ1n) is 10.4. The van der Waals surface area contributed by atoms with E-state index in [1.165, 1.54) is 50.6 Å². The van der Waals surface area contributed by atoms with Crippen LogP contribution in [0.25, 0.3) is 11.1 Å². The van der Waals surface area contributed by atoms with Crippen LogP contribution in [0.1, 0.15) is 6.92 Å². The van der Waals surface area contributed by atoms with Crippen molar-refractivity contribution in [1.82, 2.24) is 0 Å². The highest BCUT2D eigenvalue weighted by molar-refractivity contribution is 8.12. The van der Waals surface area contributed by atoms with Gasteiger partial charge in [-0.25, -0.2) is 0 Å². The lowest BCUT2D eigenvalue weighted by Crippen LogP contribution is -2.19. The van der Waals surface area contributed by atoms with Crippen molar-refractivity contribution in [1.29, 1.82) is 0 Å². The van der Waals surface area contributed by atoms with Gasteiger partial charge in [-0.15, -0.1) is 0 Å². The van der Waals surface area contributed by atoms with Gasteiger partial charge in [-0.2, -0.15) is 0 Å². The second-order valence-corrected chi connectivity index (χ2v) is 13.2. The number of hydrogen-bond donors (Lipinski definition) is 0. The van der Waals surface area contributed by atoms with E-state index in [2.05, 4.69) is 0 Å². The molecule has 37 heavy (non-hydrogen) atoms. The zero-order chi connectivity index (χ0) is 27.6. The molecule has 0 aliphatic rings. The zero-order valence-corrected chi connectivity index (χ0v) is 23.3. The molecular weight excluding hydrogens is 562 g/mol. The van der Waals surface area contributed by atoms with Crippen LogP contribution < -0.4 is 14.7 Å². The zero-order valence-electron chi connectivity index (χ0n) is 19.9. The monoisotopic (exact) mass is 585 g/mol. The SMILES string of the molecule is CCOP([O-])(=S)c1ccccc1-c1ccc([N+](=O)[O-])cc1.COP(=S)(OC)Oc1ccc([N+](=O)[O-])cc1. The van der Waals surface area contributed by atoms with Crippen LogP contribution in [0.5, 0.6) is 5.75 Å². The van der Waals surface area contributed by atoms with Gasteiger partial charge >= 0.3 is 6.72 Å². The summed E-state index contributed by atoms with van der Waals surface area (Å²) in [6, 6.07) is 18.5. The fourth-order valence-electron chi connectivity index (χ4n) is 2.87. The molecule has 1 unspecified atom stereocenters. The second-order valence-electron chi connectivity index (χ2n) is 6.89. The molecule has 0 radical (unpaired) electrons. The fraction of sp³-hybridized carbons (Fsp3) is 0.182. The molecule has 0 fully saturated rings. The Hall–Kier alpha value is -2.60. The predicted octanol–water partition coefficient (Wildman–Crippen LogP) is 5.08. The van der Waals surface area contributed by atoms with E-state index in [9.17, 15) is 25.1 Å². The molecule has 3 rings (SSSR count). The van der Waals surface area contributed by atoms with Crippen LogP contribution in [0, 0.1) is 20.2 Å². The number of nitrogens with zero attached hydrogens (tertiary/aromatic N) is 2. The average molecular weight is 586 g/mol. The van der Waals surface area contributed by atoms with Crippen LogP contribution in [0.2, 0.25) is 0 Å². The van der Waals surface area contributed by atoms with E-state index in [4.69, 9.17) is 41.7 Å². The minimum Gasteiger partial charge on any atom is -0.797 e. The first-order chi connectivity index (χ1) is 17.5. The van der Waals surface area contributed by atoms with E-state index in [-0.39, 0.29) is 18.0 Å². The Morgan fingerprint density at radius 2 is 1.30 bits per heavy atom. The van der Waals surface area contributed by atoms with Gasteiger partial charge < -0.3 is 23.0 Å². The number of hydrogen-bond acceptors (Lipinski definition) is 11. The lowest BCUT2D eigenvalue weighted by atomic mass is 10.1. The molecule has 0 saturated carbocycles. The van der Waals surface area contributed by atoms with Gasteiger partial charge in [0.2, 0.25) is 0 Å². The van der Waals surface area contributed by atoms with Gasteiger partial charge in [0.1, 0.15) is 5.75 Å². The van der Waals surface area contributed by atoms with E-state index in [0.29, 0.717) is 22.2 Å². The van der Waals surface area contributed by atoms with E-state index >= 15 is 0 Å². The first kappa shape index (κ1) is 30.6. The Bertz CT molecular complexity index is 1310. The second kappa shape index (κ2) is 13.8. The number of nitro groups is 2. The van der Waals surface area contributed by atoms with Crippen LogP contribution in [0.15, 0.2) is 72.8 Å². The largest absolute Gasteiger partial charge is 0.797 e. The summed E-state index contributed by atoms with van der Waals surface area (Å²) in [7, 11) is 2.77. The molecule has 0 spiro atoms. The van der Waals surface area contributed by atoms with Crippen molar-refractivity contribution in [3.8, 4) is 16.9 Å². The fourth-order valence-corrected chi connectivity index (χ4v) is 5.84. The first-order valence-corrected chi connectivity index (χ1v) is 15.6. The summed E-state index contributed by atoms with van der Waals surface area (Å²) in [6.45, 7) is -4.12. The molecule has 1 atom stereocenters. The Kier molecular flexibility index (Phi) is 11.4. The molecule has 15 heteroatoms. The van der Waals surface area contributed by atoms with Gasteiger partial charge in [0, 0.05) is 68.7 Å². The van der Waals surface area contributed by atoms with Crippen LogP contribution in [-0.2, 0) is 37.2 Å². The van der Waals surface area contributed by atoms with Crippen molar-refractivity contribution in [2.45, 2.75) is 6.92 Å². The quantitative estimate of drug-likeness (QED) is 0.178. The number of nitro benzene ring substituents is 2. The van der Waals surface area contributed by atoms with E-state index in [1.807, 2.05) is 0 Å². The molecule has 0 saturated heterocycles. The molecule has 0 N–H and O–H groups in total. The van der Waals surface area contributed by atoms with Crippen LogP contribution in [-0.4, -0.2) is 30.7 Å². The number of benzene rings is 3. The lowest BCUT2D eigenvalue weighted by molar-refractivity contribution is -0.385. The highest BCUT2D eigenvalue weighted by Crippen LogP contribution is 2.48. The summed E-state index contributed by atoms with van der Waals surface area (Å²) in [5.74, 6) is 0.373. The van der Waals surface area contributed by atoms with Gasteiger partial charge in [-0.3, -0.25) is 20.2 Å². The standard InChI is InChI=1S/C14H14NO4PS.C8H10NO5PS/c1-2-19-20(18,21)14-6-4-3-5-13(14)11-7-9-12(10-8-11)15(16)17;1-12-15(16,13-2)14-8-5-3-7(4-6-8)9(10)11/h3-10H,2H2,1H3,(H,18,21);3-6H,1-2H3/p-1. The van der Waals surface area contributed by atoms with Crippen molar-refractivity contribution < 1.29 is 32.8 Å². The molecule has 0 amide bonds. The highest BCUT2D eigenvalue weighted by atomic mass is 32.5. The van der Waals surface area contributed by atoms with Crippen molar-refractivity contribution in [2.24, 2.45) is 0 Å². The van der Waals surface area contributed by atoms with Gasteiger partial charge in [0.05, 0.1) is 9.85 Å². The third-order valence-electron chi connectivity index (χ3n) is 4.60. The lowest BCUT2D eigenvalue weighted by Gasteiger charge is -2.29. The highest BCUT2D eigenvalue weighted by Gasteiger charge is 2.19. The minimum absolute atomic E-state index is 0.00240. The van der Waals surface area contributed by atoms with Crippen LogP contribution in [0.3, 0.4) is 0 Å². The summed E-state index contributed by atoms with van der Waals surface area (Å²) >= 11 is 10.1. The summed E-state index contributed by atoms with van der Waals surface area (Å²) in [5, 5.41) is 21.5. The molecule has 198 valence electrons. The maximum atomic E-state index is 12.5. The Morgan fingerprint density at radius 1 is 0.811 bits per heavy atom. The van der Waals surface area contributed by atoms with Crippen molar-refractivity contribution in [3.63, 3.8) is 0 Å². The van der Waals surface area contributed by atoms with E-state index < -0.39 is 23.1 Å². The van der Waals surface area contributed by atoms with Crippen LogP contribution >= 0.6 is 13.2 Å². The maximum absolute atomic E-state index is 12.5.